The number of benzene rings is 1. The lowest BCUT2D eigenvalue weighted by molar-refractivity contribution is 0.346. The molecule has 1 aliphatic heterocycles. The molecule has 0 aliphatic carbocycles. The van der Waals surface area contributed by atoms with Crippen molar-refractivity contribution < 1.29 is 8.42 Å². The van der Waals surface area contributed by atoms with Gasteiger partial charge in [0.15, 0.2) is 0 Å². The fourth-order valence-electron chi connectivity index (χ4n) is 2.16. The van der Waals surface area contributed by atoms with Crippen molar-refractivity contribution in [3.8, 4) is 0 Å². The van der Waals surface area contributed by atoms with Gasteiger partial charge in [0.2, 0.25) is 0 Å². The number of nitrogens with two attached hydrogens (primary N) is 1. The summed E-state index contributed by atoms with van der Waals surface area (Å²) in [6.07, 6.45) is 0.770. The van der Waals surface area contributed by atoms with Gasteiger partial charge >= 0.3 is 0 Å². The molecular formula is C12H19N3O2S. The van der Waals surface area contributed by atoms with Crippen LogP contribution in [0.3, 0.4) is 0 Å². The topological polar surface area (TPSA) is 66.6 Å². The smallest absolute Gasteiger partial charge is 0.282 e. The standard InChI is InChI=1S/C12H19N3O2S/c1-14(9-7-13)18(16,17)15-8-6-11-4-2-3-5-12(11)10-15/h2-5H,6-10,13H2,1H3. The van der Waals surface area contributed by atoms with Gasteiger partial charge in [0.1, 0.15) is 0 Å². The van der Waals surface area contributed by atoms with Crippen molar-refractivity contribution in [1.29, 1.82) is 0 Å². The van der Waals surface area contributed by atoms with Gasteiger partial charge in [-0.15, -0.1) is 0 Å². The average Bonchev–Trinajstić information content (AvgIpc) is 2.38. The number of likely N-dealkylation sites (N-methyl/N-ethyl adjacent to an activating group) is 1. The van der Waals surface area contributed by atoms with Crippen molar-refractivity contribution in [2.45, 2.75) is 13.0 Å². The average molecular weight is 269 g/mol. The molecule has 0 spiro atoms. The first-order chi connectivity index (χ1) is 8.55. The minimum absolute atomic E-state index is 0.333. The second kappa shape index (κ2) is 5.36. The summed E-state index contributed by atoms with van der Waals surface area (Å²) in [5.74, 6) is 0. The molecule has 18 heavy (non-hydrogen) atoms. The minimum Gasteiger partial charge on any atom is -0.329 e. The second-order valence-corrected chi connectivity index (χ2v) is 6.51. The largest absolute Gasteiger partial charge is 0.329 e. The monoisotopic (exact) mass is 269 g/mol. The van der Waals surface area contributed by atoms with E-state index in [-0.39, 0.29) is 0 Å². The van der Waals surface area contributed by atoms with Crippen LogP contribution in [-0.4, -0.2) is 43.7 Å². The van der Waals surface area contributed by atoms with E-state index < -0.39 is 10.2 Å². The molecule has 1 aliphatic rings. The van der Waals surface area contributed by atoms with Crippen LogP contribution in [0.25, 0.3) is 0 Å². The highest BCUT2D eigenvalue weighted by molar-refractivity contribution is 7.86. The Balaban J connectivity index is 2.18. The summed E-state index contributed by atoms with van der Waals surface area (Å²) in [7, 11) is -1.81. The first-order valence-electron chi connectivity index (χ1n) is 6.04. The quantitative estimate of drug-likeness (QED) is 0.848. The maximum atomic E-state index is 12.3. The van der Waals surface area contributed by atoms with Gasteiger partial charge in [-0.2, -0.15) is 17.0 Å². The predicted octanol–water partition coefficient (Wildman–Crippen LogP) is 0.180. The maximum Gasteiger partial charge on any atom is 0.282 e. The van der Waals surface area contributed by atoms with Crippen LogP contribution < -0.4 is 5.73 Å². The SMILES string of the molecule is CN(CCN)S(=O)(=O)N1CCc2ccccc2C1. The normalized spacial score (nSPS) is 16.8. The highest BCUT2D eigenvalue weighted by atomic mass is 32.2. The molecule has 1 heterocycles. The van der Waals surface area contributed by atoms with E-state index in [2.05, 4.69) is 6.07 Å². The summed E-state index contributed by atoms with van der Waals surface area (Å²) in [6, 6.07) is 7.98. The van der Waals surface area contributed by atoms with Crippen LogP contribution >= 0.6 is 0 Å². The van der Waals surface area contributed by atoms with Crippen LogP contribution in [0.2, 0.25) is 0 Å². The Morgan fingerprint density at radius 2 is 2.00 bits per heavy atom. The minimum atomic E-state index is -3.38. The summed E-state index contributed by atoms with van der Waals surface area (Å²) >= 11 is 0. The van der Waals surface area contributed by atoms with Crippen LogP contribution in [0.4, 0.5) is 0 Å². The van der Waals surface area contributed by atoms with E-state index in [0.717, 1.165) is 12.0 Å². The molecule has 1 aromatic rings. The Labute approximate surface area is 108 Å². The summed E-state index contributed by atoms with van der Waals surface area (Å²) in [5.41, 5.74) is 7.74. The predicted molar refractivity (Wildman–Crippen MR) is 71.2 cm³/mol. The Hall–Kier alpha value is -0.950. The van der Waals surface area contributed by atoms with Crippen LogP contribution in [0.15, 0.2) is 24.3 Å². The third kappa shape index (κ3) is 2.56. The Morgan fingerprint density at radius 1 is 1.33 bits per heavy atom. The van der Waals surface area contributed by atoms with Crippen molar-refractivity contribution in [2.24, 2.45) is 5.73 Å². The van der Waals surface area contributed by atoms with E-state index in [1.165, 1.54) is 14.2 Å². The van der Waals surface area contributed by atoms with E-state index in [0.29, 0.717) is 26.2 Å². The van der Waals surface area contributed by atoms with Gasteiger partial charge < -0.3 is 5.73 Å². The van der Waals surface area contributed by atoms with Gasteiger partial charge in [-0.05, 0) is 17.5 Å². The molecule has 100 valence electrons. The van der Waals surface area contributed by atoms with E-state index >= 15 is 0 Å². The molecule has 0 atom stereocenters. The zero-order valence-electron chi connectivity index (χ0n) is 10.5. The molecule has 6 heteroatoms. The fourth-order valence-corrected chi connectivity index (χ4v) is 3.52. The summed E-state index contributed by atoms with van der Waals surface area (Å²) in [6.45, 7) is 1.67. The van der Waals surface area contributed by atoms with Gasteiger partial charge in [0, 0.05) is 33.2 Å². The third-order valence-corrected chi connectivity index (χ3v) is 5.19. The summed E-state index contributed by atoms with van der Waals surface area (Å²) < 4.78 is 27.4. The summed E-state index contributed by atoms with van der Waals surface area (Å²) in [5, 5.41) is 0. The molecule has 0 saturated carbocycles. The van der Waals surface area contributed by atoms with Gasteiger partial charge in [-0.25, -0.2) is 0 Å². The van der Waals surface area contributed by atoms with Crippen LogP contribution in [0.1, 0.15) is 11.1 Å². The molecule has 0 bridgehead atoms. The molecular weight excluding hydrogens is 250 g/mol. The van der Waals surface area contributed by atoms with Gasteiger partial charge in [-0.3, -0.25) is 0 Å². The highest BCUT2D eigenvalue weighted by Crippen LogP contribution is 2.21. The number of hydrogen-bond donors (Lipinski definition) is 1. The van der Waals surface area contributed by atoms with Crippen molar-refractivity contribution >= 4 is 10.2 Å². The third-order valence-electron chi connectivity index (χ3n) is 3.26. The first-order valence-corrected chi connectivity index (χ1v) is 7.43. The zero-order valence-corrected chi connectivity index (χ0v) is 11.4. The molecule has 5 nitrogen and oxygen atoms in total. The molecule has 0 unspecified atom stereocenters. The van der Waals surface area contributed by atoms with Crippen molar-refractivity contribution in [3.63, 3.8) is 0 Å². The highest BCUT2D eigenvalue weighted by Gasteiger charge is 2.29. The van der Waals surface area contributed by atoms with Crippen LogP contribution in [0.5, 0.6) is 0 Å². The number of nitrogens with zero attached hydrogens (tertiary/aromatic N) is 2. The zero-order chi connectivity index (χ0) is 13.2. The molecule has 2 N–H and O–H groups in total. The fraction of sp³-hybridized carbons (Fsp3) is 0.500. The molecule has 1 aromatic carbocycles. The molecule has 0 saturated heterocycles. The maximum absolute atomic E-state index is 12.3. The van der Waals surface area contributed by atoms with Crippen molar-refractivity contribution in [3.05, 3.63) is 35.4 Å². The van der Waals surface area contributed by atoms with E-state index in [1.807, 2.05) is 18.2 Å². The van der Waals surface area contributed by atoms with Crippen molar-refractivity contribution in [2.75, 3.05) is 26.7 Å². The first kappa shape index (κ1) is 13.5. The lowest BCUT2D eigenvalue weighted by Crippen LogP contribution is -2.45. The van der Waals surface area contributed by atoms with E-state index in [4.69, 9.17) is 5.73 Å². The molecule has 0 radical (unpaired) electrons. The Bertz CT molecular complexity index is 516. The molecule has 0 amide bonds. The Morgan fingerprint density at radius 3 is 2.67 bits per heavy atom. The number of hydrogen-bond acceptors (Lipinski definition) is 3. The van der Waals surface area contributed by atoms with Gasteiger partial charge in [0.25, 0.3) is 10.2 Å². The second-order valence-electron chi connectivity index (χ2n) is 4.47. The number of rotatable bonds is 4. The van der Waals surface area contributed by atoms with Crippen molar-refractivity contribution in [1.82, 2.24) is 8.61 Å². The van der Waals surface area contributed by atoms with Crippen LogP contribution in [0, 0.1) is 0 Å². The van der Waals surface area contributed by atoms with Crippen LogP contribution in [-0.2, 0) is 23.2 Å². The van der Waals surface area contributed by atoms with E-state index in [1.54, 1.807) is 7.05 Å². The summed E-state index contributed by atoms with van der Waals surface area (Å²) in [4.78, 5) is 0. The lowest BCUT2D eigenvalue weighted by atomic mass is 10.0. The molecule has 0 aromatic heterocycles. The van der Waals surface area contributed by atoms with E-state index in [9.17, 15) is 8.42 Å². The van der Waals surface area contributed by atoms with Gasteiger partial charge in [0.05, 0.1) is 0 Å². The van der Waals surface area contributed by atoms with Gasteiger partial charge in [-0.1, -0.05) is 24.3 Å². The molecule has 0 fully saturated rings. The molecule has 2 rings (SSSR count). The Kier molecular flexibility index (Phi) is 4.01. The lowest BCUT2D eigenvalue weighted by Gasteiger charge is -2.31. The number of fused-ring (bicyclic) bond motifs is 1.